The Hall–Kier alpha value is -3.46. The van der Waals surface area contributed by atoms with Crippen LogP contribution in [0.3, 0.4) is 0 Å². The first-order valence-corrected chi connectivity index (χ1v) is 13.5. The minimum absolute atomic E-state index is 0.163. The summed E-state index contributed by atoms with van der Waals surface area (Å²) in [6.07, 6.45) is 8.52. The van der Waals surface area contributed by atoms with E-state index in [4.69, 9.17) is 9.47 Å². The molecular weight excluding hydrogens is 492 g/mol. The van der Waals surface area contributed by atoms with Crippen LogP contribution in [-0.2, 0) is 41.9 Å². The number of anilines is 1. The first-order valence-electron chi connectivity index (χ1n) is 12.1. The van der Waals surface area contributed by atoms with E-state index in [9.17, 15) is 18.0 Å². The molecule has 0 fully saturated rings. The Morgan fingerprint density at radius 2 is 1.57 bits per heavy atom. The van der Waals surface area contributed by atoms with Gasteiger partial charge in [0.05, 0.1) is 4.90 Å². The number of rotatable bonds is 7. The maximum Gasteiger partial charge on any atom is 0.331 e. The van der Waals surface area contributed by atoms with Gasteiger partial charge < -0.3 is 9.47 Å². The standard InChI is InChI=1S/C28H34N2O6S/c1-27(2,3)35-24(31)9-7-8-20-10-13-23(14-11-20)37(33,34)30-17-16-22-18-21(19-29-26(22)30)12-15-25(32)36-28(4,5)6/h7,9-15,18-19H,8,16-17H2,1-6H3/b9-7+,15-12+. The molecule has 0 saturated heterocycles. The number of benzene rings is 1. The van der Waals surface area contributed by atoms with E-state index in [1.54, 1.807) is 78.0 Å². The monoisotopic (exact) mass is 526 g/mol. The second-order valence-corrected chi connectivity index (χ2v) is 12.6. The highest BCUT2D eigenvalue weighted by Gasteiger charge is 2.32. The number of hydrogen-bond acceptors (Lipinski definition) is 7. The quantitative estimate of drug-likeness (QED) is 0.383. The fourth-order valence-corrected chi connectivity index (χ4v) is 5.09. The Balaban J connectivity index is 1.68. The second kappa shape index (κ2) is 10.9. The van der Waals surface area contributed by atoms with Crippen LogP contribution in [0.5, 0.6) is 0 Å². The molecule has 0 bridgehead atoms. The fourth-order valence-electron chi connectivity index (χ4n) is 3.64. The molecule has 0 N–H and O–H groups in total. The van der Waals surface area contributed by atoms with Crippen LogP contribution in [0.15, 0.2) is 59.7 Å². The largest absolute Gasteiger partial charge is 0.457 e. The molecule has 0 spiro atoms. The van der Waals surface area contributed by atoms with Gasteiger partial charge in [0.2, 0.25) is 0 Å². The van der Waals surface area contributed by atoms with E-state index in [1.807, 2.05) is 6.07 Å². The number of carbonyl (C=O) groups excluding carboxylic acids is 2. The Bertz CT molecular complexity index is 1310. The molecule has 0 aliphatic carbocycles. The highest BCUT2D eigenvalue weighted by atomic mass is 32.2. The molecule has 0 atom stereocenters. The average molecular weight is 527 g/mol. The Morgan fingerprint density at radius 1 is 0.973 bits per heavy atom. The van der Waals surface area contributed by atoms with Crippen molar-refractivity contribution < 1.29 is 27.5 Å². The number of nitrogens with zero attached hydrogens (tertiary/aromatic N) is 2. The first kappa shape index (κ1) is 28.1. The van der Waals surface area contributed by atoms with Crippen LogP contribution in [0.4, 0.5) is 5.82 Å². The molecule has 1 aromatic carbocycles. The summed E-state index contributed by atoms with van der Waals surface area (Å²) < 4.78 is 38.4. The lowest BCUT2D eigenvalue weighted by Crippen LogP contribution is -2.29. The highest BCUT2D eigenvalue weighted by Crippen LogP contribution is 2.32. The van der Waals surface area contributed by atoms with Gasteiger partial charge in [-0.05, 0) is 95.3 Å². The van der Waals surface area contributed by atoms with Crippen molar-refractivity contribution in [1.82, 2.24) is 4.98 Å². The van der Waals surface area contributed by atoms with Crippen molar-refractivity contribution in [2.24, 2.45) is 0 Å². The summed E-state index contributed by atoms with van der Waals surface area (Å²) in [6, 6.07) is 8.39. The van der Waals surface area contributed by atoms with Crippen molar-refractivity contribution in [1.29, 1.82) is 0 Å². The molecule has 0 saturated carbocycles. The van der Waals surface area contributed by atoms with Crippen molar-refractivity contribution in [3.05, 3.63) is 71.4 Å². The summed E-state index contributed by atoms with van der Waals surface area (Å²) in [7, 11) is -3.80. The molecule has 1 aromatic heterocycles. The molecule has 1 aliphatic heterocycles. The van der Waals surface area contributed by atoms with Crippen molar-refractivity contribution in [3.8, 4) is 0 Å². The predicted octanol–water partition coefficient (Wildman–Crippen LogP) is 4.63. The van der Waals surface area contributed by atoms with Crippen molar-refractivity contribution in [3.63, 3.8) is 0 Å². The number of esters is 2. The molecule has 2 heterocycles. The van der Waals surface area contributed by atoms with Gasteiger partial charge in [-0.25, -0.2) is 27.3 Å². The van der Waals surface area contributed by atoms with Gasteiger partial charge >= 0.3 is 11.9 Å². The van der Waals surface area contributed by atoms with Crippen molar-refractivity contribution in [2.45, 2.75) is 70.5 Å². The molecule has 8 nitrogen and oxygen atoms in total. The van der Waals surface area contributed by atoms with Crippen molar-refractivity contribution >= 4 is 33.9 Å². The van der Waals surface area contributed by atoms with Crippen LogP contribution in [0.1, 0.15) is 58.2 Å². The summed E-state index contributed by atoms with van der Waals surface area (Å²) in [5.41, 5.74) is 1.20. The summed E-state index contributed by atoms with van der Waals surface area (Å²) in [6.45, 7) is 11.1. The van der Waals surface area contributed by atoms with Gasteiger partial charge in [0, 0.05) is 24.9 Å². The smallest absolute Gasteiger partial charge is 0.331 e. The van der Waals surface area contributed by atoms with Crippen molar-refractivity contribution in [2.75, 3.05) is 10.8 Å². The normalized spacial score (nSPS) is 14.3. The lowest BCUT2D eigenvalue weighted by atomic mass is 10.1. The number of allylic oxidation sites excluding steroid dienone is 1. The third-order valence-electron chi connectivity index (χ3n) is 5.13. The highest BCUT2D eigenvalue weighted by molar-refractivity contribution is 7.92. The third kappa shape index (κ3) is 8.01. The van der Waals surface area contributed by atoms with Gasteiger partial charge in [-0.2, -0.15) is 0 Å². The predicted molar refractivity (Wildman–Crippen MR) is 142 cm³/mol. The third-order valence-corrected chi connectivity index (χ3v) is 6.93. The Kier molecular flexibility index (Phi) is 8.27. The Morgan fingerprint density at radius 3 is 2.16 bits per heavy atom. The van der Waals surface area contributed by atoms with Gasteiger partial charge in [-0.1, -0.05) is 18.2 Å². The topological polar surface area (TPSA) is 103 Å². The van der Waals surface area contributed by atoms with E-state index in [0.717, 1.165) is 11.1 Å². The van der Waals surface area contributed by atoms with Crippen LogP contribution in [0.25, 0.3) is 6.08 Å². The molecule has 0 amide bonds. The van der Waals surface area contributed by atoms with E-state index in [0.29, 0.717) is 24.2 Å². The number of sulfonamides is 1. The van der Waals surface area contributed by atoms with E-state index >= 15 is 0 Å². The average Bonchev–Trinajstić information content (AvgIpc) is 3.20. The number of hydrogen-bond donors (Lipinski definition) is 0. The first-order chi connectivity index (χ1) is 17.1. The molecule has 0 unspecified atom stereocenters. The second-order valence-electron chi connectivity index (χ2n) is 10.7. The zero-order valence-electron chi connectivity index (χ0n) is 22.1. The molecule has 1 aliphatic rings. The molecule has 37 heavy (non-hydrogen) atoms. The van der Waals surface area contributed by atoms with Gasteiger partial charge in [-0.15, -0.1) is 0 Å². The molecule has 9 heteroatoms. The number of fused-ring (bicyclic) bond motifs is 1. The maximum absolute atomic E-state index is 13.3. The number of pyridine rings is 1. The number of carbonyl (C=O) groups is 2. The summed E-state index contributed by atoms with van der Waals surface area (Å²) in [4.78, 5) is 28.3. The van der Waals surface area contributed by atoms with Gasteiger partial charge in [0.25, 0.3) is 10.0 Å². The van der Waals surface area contributed by atoms with Crippen LogP contribution < -0.4 is 4.31 Å². The number of aromatic nitrogens is 1. The van der Waals surface area contributed by atoms with Crippen LogP contribution in [0, 0.1) is 0 Å². The SMILES string of the molecule is CC(C)(C)OC(=O)/C=C/Cc1ccc(S(=O)(=O)N2CCc3cc(/C=C/C(=O)OC(C)(C)C)cnc32)cc1. The fraction of sp³-hybridized carbons (Fsp3) is 0.393. The van der Waals surface area contributed by atoms with Gasteiger partial charge in [0.15, 0.2) is 0 Å². The van der Waals surface area contributed by atoms with E-state index in [-0.39, 0.29) is 11.4 Å². The molecule has 3 rings (SSSR count). The minimum Gasteiger partial charge on any atom is -0.457 e. The molecule has 198 valence electrons. The zero-order valence-corrected chi connectivity index (χ0v) is 23.0. The summed E-state index contributed by atoms with van der Waals surface area (Å²) >= 11 is 0. The summed E-state index contributed by atoms with van der Waals surface area (Å²) in [5.74, 6) is -0.491. The summed E-state index contributed by atoms with van der Waals surface area (Å²) in [5, 5.41) is 0. The van der Waals surface area contributed by atoms with Crippen LogP contribution in [-0.4, -0.2) is 43.1 Å². The zero-order chi connectivity index (χ0) is 27.4. The van der Waals surface area contributed by atoms with Crippen LogP contribution in [0.2, 0.25) is 0 Å². The van der Waals surface area contributed by atoms with E-state index in [2.05, 4.69) is 4.98 Å². The molecule has 0 radical (unpaired) electrons. The molecule has 2 aromatic rings. The lowest BCUT2D eigenvalue weighted by molar-refractivity contribution is -0.149. The Labute approximate surface area is 219 Å². The number of ether oxygens (including phenoxy) is 2. The van der Waals surface area contributed by atoms with E-state index < -0.39 is 33.2 Å². The molecular formula is C28H34N2O6S. The maximum atomic E-state index is 13.3. The minimum atomic E-state index is -3.80. The van der Waals surface area contributed by atoms with Gasteiger partial charge in [0.1, 0.15) is 17.0 Å². The lowest BCUT2D eigenvalue weighted by Gasteiger charge is -2.19. The van der Waals surface area contributed by atoms with Gasteiger partial charge in [-0.3, -0.25) is 0 Å². The van der Waals surface area contributed by atoms with E-state index in [1.165, 1.54) is 22.7 Å². The van der Waals surface area contributed by atoms with Crippen LogP contribution >= 0.6 is 0 Å².